The molecule has 4 aromatic heterocycles. The molecule has 0 fully saturated rings. The van der Waals surface area contributed by atoms with Gasteiger partial charge in [-0.1, -0.05) is 11.6 Å². The van der Waals surface area contributed by atoms with Gasteiger partial charge in [0, 0.05) is 18.0 Å². The molecule has 0 bridgehead atoms. The van der Waals surface area contributed by atoms with Crippen molar-refractivity contribution in [1.29, 1.82) is 0 Å². The van der Waals surface area contributed by atoms with Crippen LogP contribution in [0.2, 0.25) is 5.15 Å². The molecule has 0 aliphatic carbocycles. The third-order valence-corrected chi connectivity index (χ3v) is 3.99. The third kappa shape index (κ3) is 2.48. The molecule has 124 valence electrons. The number of H-pyrrole nitrogens is 1. The molecule has 0 unspecified atom stereocenters. The van der Waals surface area contributed by atoms with E-state index in [1.165, 1.54) is 6.20 Å². The number of nitrogens with one attached hydrogen (secondary N) is 1. The van der Waals surface area contributed by atoms with Crippen molar-refractivity contribution in [2.75, 3.05) is 5.73 Å². The van der Waals surface area contributed by atoms with E-state index >= 15 is 0 Å². The molecule has 0 saturated heterocycles. The summed E-state index contributed by atoms with van der Waals surface area (Å²) >= 11 is 6.12. The van der Waals surface area contributed by atoms with Crippen molar-refractivity contribution in [3.05, 3.63) is 53.7 Å². The molecular weight excluding hydrogens is 344 g/mol. The van der Waals surface area contributed by atoms with Gasteiger partial charge in [0.05, 0.1) is 11.9 Å². The van der Waals surface area contributed by atoms with Gasteiger partial charge in [-0.15, -0.1) is 0 Å². The summed E-state index contributed by atoms with van der Waals surface area (Å²) in [5.41, 5.74) is 8.25. The lowest BCUT2D eigenvalue weighted by atomic mass is 10.1. The molecule has 4 rings (SSSR count). The smallest absolute Gasteiger partial charge is 0.358 e. The van der Waals surface area contributed by atoms with Crippen LogP contribution in [-0.2, 0) is 0 Å². The number of carboxylic acid groups (broad SMARTS) is 1. The number of rotatable bonds is 3. The molecule has 4 heterocycles. The Balaban J connectivity index is 2.01. The van der Waals surface area contributed by atoms with Gasteiger partial charge in [0.1, 0.15) is 22.2 Å². The number of pyridine rings is 1. The Labute approximate surface area is 145 Å². The van der Waals surface area contributed by atoms with Gasteiger partial charge in [-0.2, -0.15) is 0 Å². The maximum absolute atomic E-state index is 11.4. The normalized spacial score (nSPS) is 11.1. The first-order chi connectivity index (χ1) is 12.0. The first-order valence-corrected chi connectivity index (χ1v) is 7.60. The third-order valence-electron chi connectivity index (χ3n) is 3.71. The molecule has 8 nitrogen and oxygen atoms in total. The molecule has 9 heteroatoms. The Morgan fingerprint density at radius 1 is 1.24 bits per heavy atom. The molecule has 0 amide bonds. The summed E-state index contributed by atoms with van der Waals surface area (Å²) < 4.78 is 1.67. The fourth-order valence-corrected chi connectivity index (χ4v) is 2.75. The highest BCUT2D eigenvalue weighted by atomic mass is 35.5. The van der Waals surface area contributed by atoms with Crippen molar-refractivity contribution in [2.45, 2.75) is 0 Å². The first-order valence-electron chi connectivity index (χ1n) is 7.22. The van der Waals surface area contributed by atoms with Crippen molar-refractivity contribution in [3.8, 4) is 22.6 Å². The molecule has 0 aromatic carbocycles. The lowest BCUT2D eigenvalue weighted by Crippen LogP contribution is -2.10. The summed E-state index contributed by atoms with van der Waals surface area (Å²) in [4.78, 5) is 27.1. The van der Waals surface area contributed by atoms with Crippen molar-refractivity contribution >= 4 is 29.0 Å². The van der Waals surface area contributed by atoms with Crippen LogP contribution in [0.4, 0.5) is 5.82 Å². The predicted molar refractivity (Wildman–Crippen MR) is 92.4 cm³/mol. The standard InChI is InChI=1S/C16H11ClN6O2/c17-10-6-20-11-4-3-8(7-23(10)11)12-13(9-2-1-5-19-9)22-15(18)14(21-12)16(24)25/h1-7,19H,(H2,18,22)(H,24,25). The summed E-state index contributed by atoms with van der Waals surface area (Å²) in [5, 5.41) is 9.75. The minimum Gasteiger partial charge on any atom is -0.476 e. The fraction of sp³-hybridized carbons (Fsp3) is 0. The highest BCUT2D eigenvalue weighted by molar-refractivity contribution is 6.29. The van der Waals surface area contributed by atoms with Gasteiger partial charge in [-0.25, -0.2) is 19.7 Å². The van der Waals surface area contributed by atoms with Crippen LogP contribution in [0.15, 0.2) is 42.9 Å². The fourth-order valence-electron chi connectivity index (χ4n) is 2.56. The van der Waals surface area contributed by atoms with Gasteiger partial charge >= 0.3 is 5.97 Å². The van der Waals surface area contributed by atoms with Crippen LogP contribution in [0.1, 0.15) is 10.5 Å². The van der Waals surface area contributed by atoms with E-state index in [1.807, 2.05) is 0 Å². The predicted octanol–water partition coefficient (Wildman–Crippen LogP) is 2.72. The number of fused-ring (bicyclic) bond motifs is 1. The molecule has 0 spiro atoms. The molecule has 0 aliphatic heterocycles. The van der Waals surface area contributed by atoms with E-state index in [1.54, 1.807) is 41.1 Å². The van der Waals surface area contributed by atoms with Gasteiger partial charge in [0.2, 0.25) is 0 Å². The zero-order chi connectivity index (χ0) is 17.6. The summed E-state index contributed by atoms with van der Waals surface area (Å²) in [6, 6.07) is 7.14. The van der Waals surface area contributed by atoms with E-state index in [9.17, 15) is 9.90 Å². The number of imidazole rings is 1. The number of hydrogen-bond donors (Lipinski definition) is 3. The van der Waals surface area contributed by atoms with Crippen molar-refractivity contribution in [1.82, 2.24) is 24.3 Å². The molecule has 0 saturated carbocycles. The average molecular weight is 355 g/mol. The van der Waals surface area contributed by atoms with Crippen molar-refractivity contribution in [3.63, 3.8) is 0 Å². The zero-order valence-electron chi connectivity index (χ0n) is 12.6. The van der Waals surface area contributed by atoms with Crippen LogP contribution in [0, 0.1) is 0 Å². The van der Waals surface area contributed by atoms with E-state index in [4.69, 9.17) is 17.3 Å². The van der Waals surface area contributed by atoms with Crippen LogP contribution in [0.25, 0.3) is 28.3 Å². The monoisotopic (exact) mass is 354 g/mol. The second-order valence-corrected chi connectivity index (χ2v) is 5.66. The molecule has 0 aliphatic rings. The second kappa shape index (κ2) is 5.60. The number of hydrogen-bond acceptors (Lipinski definition) is 5. The van der Waals surface area contributed by atoms with Gasteiger partial charge in [-0.05, 0) is 24.3 Å². The summed E-state index contributed by atoms with van der Waals surface area (Å²) in [6.45, 7) is 0. The zero-order valence-corrected chi connectivity index (χ0v) is 13.4. The number of anilines is 1. The van der Waals surface area contributed by atoms with Crippen LogP contribution in [0.3, 0.4) is 0 Å². The molecule has 25 heavy (non-hydrogen) atoms. The Bertz CT molecular complexity index is 1100. The lowest BCUT2D eigenvalue weighted by molar-refractivity contribution is 0.0691. The Morgan fingerprint density at radius 3 is 2.80 bits per heavy atom. The maximum atomic E-state index is 11.4. The SMILES string of the molecule is Nc1nc(-c2ccc[nH]2)c(-c2ccc3ncc(Cl)n3c2)nc1C(=O)O. The number of carboxylic acids is 1. The van der Waals surface area contributed by atoms with Gasteiger partial charge < -0.3 is 15.8 Å². The number of nitrogens with two attached hydrogens (primary N) is 1. The number of aromatic nitrogens is 5. The molecule has 4 aromatic rings. The number of nitrogen functional groups attached to an aromatic ring is 1. The van der Waals surface area contributed by atoms with Gasteiger partial charge in [-0.3, -0.25) is 4.40 Å². The minimum absolute atomic E-state index is 0.150. The largest absolute Gasteiger partial charge is 0.476 e. The topological polar surface area (TPSA) is 122 Å². The van der Waals surface area contributed by atoms with Crippen LogP contribution >= 0.6 is 11.6 Å². The van der Waals surface area contributed by atoms with Crippen LogP contribution in [-0.4, -0.2) is 35.4 Å². The quantitative estimate of drug-likeness (QED) is 0.520. The number of aromatic carboxylic acids is 1. The number of carbonyl (C=O) groups is 1. The molecule has 4 N–H and O–H groups in total. The van der Waals surface area contributed by atoms with Crippen molar-refractivity contribution in [2.24, 2.45) is 0 Å². The molecule has 0 radical (unpaired) electrons. The van der Waals surface area contributed by atoms with E-state index < -0.39 is 5.97 Å². The summed E-state index contributed by atoms with van der Waals surface area (Å²) in [6.07, 6.45) is 4.99. The first kappa shape index (κ1) is 15.2. The second-order valence-electron chi connectivity index (χ2n) is 5.27. The number of aromatic amines is 1. The number of nitrogens with zero attached hydrogens (tertiary/aromatic N) is 4. The summed E-state index contributed by atoms with van der Waals surface area (Å²) in [5.74, 6) is -1.39. The molecule has 0 atom stereocenters. The highest BCUT2D eigenvalue weighted by Crippen LogP contribution is 2.30. The Morgan fingerprint density at radius 2 is 2.08 bits per heavy atom. The Kier molecular flexibility index (Phi) is 3.40. The van der Waals surface area contributed by atoms with Crippen LogP contribution in [0.5, 0.6) is 0 Å². The maximum Gasteiger partial charge on any atom is 0.358 e. The highest BCUT2D eigenvalue weighted by Gasteiger charge is 2.20. The van der Waals surface area contributed by atoms with Gasteiger partial charge in [0.25, 0.3) is 0 Å². The van der Waals surface area contributed by atoms with E-state index in [2.05, 4.69) is 19.9 Å². The van der Waals surface area contributed by atoms with E-state index in [0.717, 1.165) is 0 Å². The average Bonchev–Trinajstić information content (AvgIpc) is 3.24. The van der Waals surface area contributed by atoms with Crippen molar-refractivity contribution < 1.29 is 9.90 Å². The van der Waals surface area contributed by atoms with E-state index in [0.29, 0.717) is 33.4 Å². The lowest BCUT2D eigenvalue weighted by Gasteiger charge is -2.10. The van der Waals surface area contributed by atoms with Crippen LogP contribution < -0.4 is 5.73 Å². The number of halogens is 1. The molecular formula is C16H11ClN6O2. The van der Waals surface area contributed by atoms with E-state index in [-0.39, 0.29) is 11.5 Å². The minimum atomic E-state index is -1.24. The Hall–Kier alpha value is -3.39. The van der Waals surface area contributed by atoms with Gasteiger partial charge in [0.15, 0.2) is 11.5 Å². The summed E-state index contributed by atoms with van der Waals surface area (Å²) in [7, 11) is 0.